The Labute approximate surface area is 412 Å². The van der Waals surface area contributed by atoms with Gasteiger partial charge in [0.2, 0.25) is 0 Å². The van der Waals surface area contributed by atoms with Gasteiger partial charge < -0.3 is 4.90 Å². The van der Waals surface area contributed by atoms with Crippen molar-refractivity contribution in [3.05, 3.63) is 273 Å². The van der Waals surface area contributed by atoms with Crippen LogP contribution in [0.5, 0.6) is 0 Å². The third-order valence-electron chi connectivity index (χ3n) is 13.9. The Morgan fingerprint density at radius 1 is 0.229 bits per heavy atom. The summed E-state index contributed by atoms with van der Waals surface area (Å²) in [5.41, 5.74) is 17.5. The van der Waals surface area contributed by atoms with Gasteiger partial charge in [0.25, 0.3) is 0 Å². The van der Waals surface area contributed by atoms with Gasteiger partial charge in [0.1, 0.15) is 0 Å². The second-order valence-corrected chi connectivity index (χ2v) is 19.1. The quantitative estimate of drug-likeness (QED) is 0.130. The molecular weight excluding hydrogens is 863 g/mol. The number of nitrogens with zero attached hydrogens (tertiary/aromatic N) is 1. The molecule has 0 saturated heterocycles. The maximum Gasteiger partial charge on any atom is 0.0546 e. The van der Waals surface area contributed by atoms with Crippen molar-refractivity contribution in [1.29, 1.82) is 0 Å². The molecule has 0 saturated carbocycles. The van der Waals surface area contributed by atoms with E-state index >= 15 is 0 Å². The lowest BCUT2D eigenvalue weighted by molar-refractivity contribution is 1.28. The van der Waals surface area contributed by atoms with Crippen molar-refractivity contribution < 1.29 is 0 Å². The van der Waals surface area contributed by atoms with E-state index in [4.69, 9.17) is 0 Å². The molecule has 0 aliphatic carbocycles. The predicted octanol–water partition coefficient (Wildman–Crippen LogP) is 19.8. The highest BCUT2D eigenvalue weighted by molar-refractivity contribution is 7.25. The lowest BCUT2D eigenvalue weighted by Crippen LogP contribution is -2.11. The molecule has 1 nitrogen and oxygen atoms in total. The third-order valence-corrected chi connectivity index (χ3v) is 15.0. The van der Waals surface area contributed by atoms with Crippen LogP contribution in [0.25, 0.3) is 108 Å². The minimum atomic E-state index is 1.07. The molecule has 0 spiro atoms. The van der Waals surface area contributed by atoms with Crippen molar-refractivity contribution in [2.24, 2.45) is 0 Å². The highest BCUT2D eigenvalue weighted by Gasteiger charge is 2.21. The van der Waals surface area contributed by atoms with Gasteiger partial charge in [0.05, 0.1) is 5.69 Å². The van der Waals surface area contributed by atoms with Gasteiger partial charge in [-0.3, -0.25) is 0 Å². The first kappa shape index (κ1) is 41.4. The molecule has 1 aromatic heterocycles. The summed E-state index contributed by atoms with van der Waals surface area (Å²) < 4.78 is 2.63. The first-order chi connectivity index (χ1) is 34.7. The van der Waals surface area contributed by atoms with Gasteiger partial charge in [-0.2, -0.15) is 0 Å². The highest BCUT2D eigenvalue weighted by atomic mass is 32.1. The van der Waals surface area contributed by atoms with Crippen LogP contribution in [0, 0.1) is 0 Å². The normalized spacial score (nSPS) is 11.4. The number of fused-ring (bicyclic) bond motifs is 6. The van der Waals surface area contributed by atoms with Crippen LogP contribution in [0.3, 0.4) is 0 Å². The van der Waals surface area contributed by atoms with Crippen molar-refractivity contribution in [2.75, 3.05) is 4.90 Å². The standard InChI is InChI=1S/C68H45NS/c1-4-16-48(17-5-1)58-39-32-51(42-63(58)50-20-8-3-9-21-50)46-28-35-55(36-29-46)69(56-37-30-47(31-38-56)52-34-41-68-65(43-52)62-26-14-15-27-67(62)70-68)66-45-54(33-40-59(66)49-18-6-2-7-19-49)64-44-53-22-10-11-23-57(53)60-24-12-13-25-61(60)64/h1-45H. The summed E-state index contributed by atoms with van der Waals surface area (Å²) in [5.74, 6) is 0. The van der Waals surface area contributed by atoms with E-state index in [1.54, 1.807) is 0 Å². The Kier molecular flexibility index (Phi) is 10.5. The molecule has 0 N–H and O–H groups in total. The summed E-state index contributed by atoms with van der Waals surface area (Å²) >= 11 is 1.86. The Balaban J connectivity index is 0.980. The lowest BCUT2D eigenvalue weighted by Gasteiger charge is -2.29. The third kappa shape index (κ3) is 7.52. The van der Waals surface area contributed by atoms with E-state index in [-0.39, 0.29) is 0 Å². The fourth-order valence-corrected chi connectivity index (χ4v) is 11.5. The number of hydrogen-bond donors (Lipinski definition) is 0. The molecule has 0 radical (unpaired) electrons. The Bertz CT molecular complexity index is 4020. The Morgan fingerprint density at radius 3 is 1.37 bits per heavy atom. The largest absolute Gasteiger partial charge is 0.310 e. The summed E-state index contributed by atoms with van der Waals surface area (Å²) in [5, 5.41) is 7.61. The molecule has 70 heavy (non-hydrogen) atoms. The van der Waals surface area contributed by atoms with Crippen LogP contribution >= 0.6 is 11.3 Å². The molecule has 13 rings (SSSR count). The average molecular weight is 908 g/mol. The van der Waals surface area contributed by atoms with Gasteiger partial charge in [-0.1, -0.05) is 212 Å². The minimum Gasteiger partial charge on any atom is -0.310 e. The van der Waals surface area contributed by atoms with E-state index in [0.717, 1.165) is 39.3 Å². The summed E-state index contributed by atoms with van der Waals surface area (Å²) in [7, 11) is 0. The molecule has 12 aromatic carbocycles. The van der Waals surface area contributed by atoms with Crippen LogP contribution < -0.4 is 4.90 Å². The Morgan fingerprint density at radius 2 is 0.700 bits per heavy atom. The number of thiophene rings is 1. The van der Waals surface area contributed by atoms with E-state index in [9.17, 15) is 0 Å². The molecule has 0 atom stereocenters. The highest BCUT2D eigenvalue weighted by Crippen LogP contribution is 2.46. The molecule has 0 bridgehead atoms. The van der Waals surface area contributed by atoms with Gasteiger partial charge in [-0.15, -0.1) is 11.3 Å². The molecule has 328 valence electrons. The minimum absolute atomic E-state index is 1.07. The van der Waals surface area contributed by atoms with E-state index in [1.807, 2.05) is 11.3 Å². The van der Waals surface area contributed by atoms with E-state index in [1.165, 1.54) is 86.2 Å². The first-order valence-corrected chi connectivity index (χ1v) is 24.8. The SMILES string of the molecule is c1ccc(-c2ccc(-c3ccc(N(c4ccc(-c5ccc6sc7ccccc7c6c5)cc4)c4cc(-c5cc6ccccc6c6ccccc56)ccc4-c4ccccc4)cc3)cc2-c2ccccc2)cc1. The lowest BCUT2D eigenvalue weighted by atomic mass is 9.91. The van der Waals surface area contributed by atoms with Crippen LogP contribution in [0.1, 0.15) is 0 Å². The molecule has 2 heteroatoms. The van der Waals surface area contributed by atoms with E-state index in [0.29, 0.717) is 0 Å². The van der Waals surface area contributed by atoms with E-state index < -0.39 is 0 Å². The topological polar surface area (TPSA) is 3.24 Å². The fourth-order valence-electron chi connectivity index (χ4n) is 10.4. The number of hydrogen-bond acceptors (Lipinski definition) is 2. The maximum absolute atomic E-state index is 2.45. The maximum atomic E-state index is 2.45. The van der Waals surface area contributed by atoms with Crippen molar-refractivity contribution >= 4 is 70.1 Å². The Hall–Kier alpha value is -8.82. The second-order valence-electron chi connectivity index (χ2n) is 18.0. The zero-order chi connectivity index (χ0) is 46.4. The second kappa shape index (κ2) is 17.7. The molecule has 0 aliphatic rings. The molecule has 0 fully saturated rings. The summed E-state index contributed by atoms with van der Waals surface area (Å²) in [6.07, 6.45) is 0. The van der Waals surface area contributed by atoms with Gasteiger partial charge >= 0.3 is 0 Å². The zero-order valence-electron chi connectivity index (χ0n) is 38.3. The van der Waals surface area contributed by atoms with Gasteiger partial charge in [-0.05, 0) is 143 Å². The van der Waals surface area contributed by atoms with Crippen LogP contribution in [0.4, 0.5) is 17.1 Å². The molecule has 13 aromatic rings. The summed E-state index contributed by atoms with van der Waals surface area (Å²) in [4.78, 5) is 2.45. The summed E-state index contributed by atoms with van der Waals surface area (Å²) in [6, 6.07) is 100. The zero-order valence-corrected chi connectivity index (χ0v) is 39.2. The van der Waals surface area contributed by atoms with Gasteiger partial charge in [0.15, 0.2) is 0 Å². The van der Waals surface area contributed by atoms with Crippen LogP contribution in [-0.2, 0) is 0 Å². The van der Waals surface area contributed by atoms with Crippen LogP contribution in [0.2, 0.25) is 0 Å². The molecule has 0 aliphatic heterocycles. The first-order valence-electron chi connectivity index (χ1n) is 24.0. The monoisotopic (exact) mass is 907 g/mol. The van der Waals surface area contributed by atoms with Crippen molar-refractivity contribution in [3.63, 3.8) is 0 Å². The van der Waals surface area contributed by atoms with Crippen molar-refractivity contribution in [1.82, 2.24) is 0 Å². The molecular formula is C68H45NS. The number of rotatable bonds is 9. The van der Waals surface area contributed by atoms with Crippen LogP contribution in [0.15, 0.2) is 273 Å². The molecule has 1 heterocycles. The number of benzene rings is 12. The van der Waals surface area contributed by atoms with Crippen LogP contribution in [-0.4, -0.2) is 0 Å². The van der Waals surface area contributed by atoms with Crippen molar-refractivity contribution in [2.45, 2.75) is 0 Å². The van der Waals surface area contributed by atoms with Crippen molar-refractivity contribution in [3.8, 4) is 66.8 Å². The van der Waals surface area contributed by atoms with Gasteiger partial charge in [-0.25, -0.2) is 0 Å². The fraction of sp³-hybridized carbons (Fsp3) is 0. The summed E-state index contributed by atoms with van der Waals surface area (Å²) in [6.45, 7) is 0. The number of anilines is 3. The molecule has 0 unspecified atom stereocenters. The van der Waals surface area contributed by atoms with Gasteiger partial charge in [0, 0.05) is 37.1 Å². The predicted molar refractivity (Wildman–Crippen MR) is 302 cm³/mol. The average Bonchev–Trinajstić information content (AvgIpc) is 3.82. The smallest absolute Gasteiger partial charge is 0.0546 e. The molecule has 0 amide bonds. The van der Waals surface area contributed by atoms with E-state index in [2.05, 4.69) is 278 Å².